The number of ether oxygens (including phenoxy) is 1. The second-order valence-electron chi connectivity index (χ2n) is 5.25. The summed E-state index contributed by atoms with van der Waals surface area (Å²) in [7, 11) is 1.49. The smallest absolute Gasteiger partial charge is 0.223 e. The van der Waals surface area contributed by atoms with Crippen molar-refractivity contribution in [2.24, 2.45) is 5.41 Å². The third-order valence-corrected chi connectivity index (χ3v) is 3.69. The molecule has 1 unspecified atom stereocenters. The van der Waals surface area contributed by atoms with E-state index in [2.05, 4.69) is 0 Å². The van der Waals surface area contributed by atoms with Crippen molar-refractivity contribution in [3.63, 3.8) is 0 Å². The van der Waals surface area contributed by atoms with Gasteiger partial charge in [-0.05, 0) is 32.4 Å². The number of likely N-dealkylation sites (tertiary alicyclic amines) is 1. The fourth-order valence-corrected chi connectivity index (χ4v) is 2.60. The second kappa shape index (κ2) is 4.59. The molecule has 2 rings (SSSR count). The van der Waals surface area contributed by atoms with E-state index < -0.39 is 0 Å². The Hall–Kier alpha value is -1.58. The Morgan fingerprint density at radius 2 is 2.11 bits per heavy atom. The fourth-order valence-electron chi connectivity index (χ4n) is 2.60. The van der Waals surface area contributed by atoms with Crippen LogP contribution in [-0.2, 0) is 14.3 Å². The van der Waals surface area contributed by atoms with Gasteiger partial charge in [0.25, 0.3) is 0 Å². The molecule has 1 saturated heterocycles. The Kier molecular flexibility index (Phi) is 3.28. The number of hydrogen-bond donors (Lipinski definition) is 0. The first kappa shape index (κ1) is 12.9. The summed E-state index contributed by atoms with van der Waals surface area (Å²) in [5, 5.41) is 0. The molecule has 1 heterocycles. The number of piperidine rings is 1. The van der Waals surface area contributed by atoms with Crippen molar-refractivity contribution in [1.29, 1.82) is 0 Å². The van der Waals surface area contributed by atoms with E-state index >= 15 is 0 Å². The molecule has 0 aromatic carbocycles. The second-order valence-corrected chi connectivity index (χ2v) is 5.25. The summed E-state index contributed by atoms with van der Waals surface area (Å²) in [4.78, 5) is 25.5. The molecule has 0 N–H and O–H groups in total. The van der Waals surface area contributed by atoms with Gasteiger partial charge >= 0.3 is 0 Å². The normalized spacial score (nSPS) is 28.0. The van der Waals surface area contributed by atoms with Crippen LogP contribution in [0.4, 0.5) is 0 Å². The fraction of sp³-hybridized carbons (Fsp3) is 0.571. The SMILES string of the molecule is COC1=CC2(C=CC1=O)CCN(C(C)C)C(=O)C2. The van der Waals surface area contributed by atoms with Crippen LogP contribution in [-0.4, -0.2) is 36.3 Å². The van der Waals surface area contributed by atoms with Gasteiger partial charge in [0.05, 0.1) is 7.11 Å². The third-order valence-electron chi connectivity index (χ3n) is 3.69. The summed E-state index contributed by atoms with van der Waals surface area (Å²) in [6, 6.07) is 0.231. The Morgan fingerprint density at radius 3 is 2.67 bits per heavy atom. The molecule has 0 radical (unpaired) electrons. The first-order valence-corrected chi connectivity index (χ1v) is 6.27. The monoisotopic (exact) mass is 249 g/mol. The lowest BCUT2D eigenvalue weighted by atomic mass is 9.74. The number of ketones is 1. The maximum Gasteiger partial charge on any atom is 0.223 e. The molecule has 1 amide bonds. The van der Waals surface area contributed by atoms with Crippen LogP contribution in [0.15, 0.2) is 24.0 Å². The van der Waals surface area contributed by atoms with E-state index in [9.17, 15) is 9.59 Å². The molecular weight excluding hydrogens is 230 g/mol. The van der Waals surface area contributed by atoms with E-state index in [-0.39, 0.29) is 23.1 Å². The largest absolute Gasteiger partial charge is 0.493 e. The lowest BCUT2D eigenvalue weighted by Crippen LogP contribution is -2.46. The van der Waals surface area contributed by atoms with Crippen LogP contribution >= 0.6 is 0 Å². The summed E-state index contributed by atoms with van der Waals surface area (Å²) in [6.07, 6.45) is 6.45. The molecule has 0 aromatic heterocycles. The molecule has 1 aliphatic heterocycles. The number of rotatable bonds is 2. The molecule has 4 heteroatoms. The van der Waals surface area contributed by atoms with E-state index in [4.69, 9.17) is 4.74 Å². The van der Waals surface area contributed by atoms with Crippen LogP contribution in [0.2, 0.25) is 0 Å². The average Bonchev–Trinajstić information content (AvgIpc) is 2.32. The van der Waals surface area contributed by atoms with Gasteiger partial charge in [-0.25, -0.2) is 0 Å². The number of nitrogens with zero attached hydrogens (tertiary/aromatic N) is 1. The van der Waals surface area contributed by atoms with Crippen LogP contribution in [0, 0.1) is 5.41 Å². The lowest BCUT2D eigenvalue weighted by molar-refractivity contribution is -0.137. The van der Waals surface area contributed by atoms with Crippen LogP contribution in [0.3, 0.4) is 0 Å². The summed E-state index contributed by atoms with van der Waals surface area (Å²) in [6.45, 7) is 4.77. The van der Waals surface area contributed by atoms with Crippen molar-refractivity contribution in [2.45, 2.75) is 32.7 Å². The molecule has 1 aliphatic carbocycles. The summed E-state index contributed by atoms with van der Waals surface area (Å²) < 4.78 is 5.08. The minimum atomic E-state index is -0.332. The average molecular weight is 249 g/mol. The number of methoxy groups -OCH3 is 1. The summed E-state index contributed by atoms with van der Waals surface area (Å²) >= 11 is 0. The molecule has 4 nitrogen and oxygen atoms in total. The zero-order valence-electron chi connectivity index (χ0n) is 11.1. The Labute approximate surface area is 107 Å². The number of hydrogen-bond acceptors (Lipinski definition) is 3. The molecule has 1 atom stereocenters. The predicted octanol–water partition coefficient (Wildman–Crippen LogP) is 1.67. The summed E-state index contributed by atoms with van der Waals surface area (Å²) in [5.41, 5.74) is -0.332. The molecule has 18 heavy (non-hydrogen) atoms. The topological polar surface area (TPSA) is 46.6 Å². The van der Waals surface area contributed by atoms with Gasteiger partial charge < -0.3 is 9.64 Å². The standard InChI is InChI=1S/C14H19NO3/c1-10(2)15-7-6-14(9-13(15)17)5-4-11(16)12(8-14)18-3/h4-5,8,10H,6-7,9H2,1-3H3. The lowest BCUT2D eigenvalue weighted by Gasteiger charge is -2.40. The highest BCUT2D eigenvalue weighted by Crippen LogP contribution is 2.39. The Bertz CT molecular complexity index is 436. The van der Waals surface area contributed by atoms with Crippen LogP contribution in [0.5, 0.6) is 0 Å². The van der Waals surface area contributed by atoms with E-state index in [0.29, 0.717) is 12.2 Å². The predicted molar refractivity (Wildman–Crippen MR) is 67.8 cm³/mol. The van der Waals surface area contributed by atoms with Crippen molar-refractivity contribution in [3.05, 3.63) is 24.0 Å². The van der Waals surface area contributed by atoms with E-state index in [1.54, 1.807) is 0 Å². The zero-order chi connectivity index (χ0) is 13.3. The van der Waals surface area contributed by atoms with Crippen molar-refractivity contribution in [2.75, 3.05) is 13.7 Å². The number of allylic oxidation sites excluding steroid dienone is 3. The van der Waals surface area contributed by atoms with Gasteiger partial charge in [0, 0.05) is 24.4 Å². The highest BCUT2D eigenvalue weighted by Gasteiger charge is 2.39. The van der Waals surface area contributed by atoms with Crippen molar-refractivity contribution in [3.8, 4) is 0 Å². The third kappa shape index (κ3) is 2.19. The van der Waals surface area contributed by atoms with Gasteiger partial charge in [-0.1, -0.05) is 6.08 Å². The number of carbonyl (C=O) groups is 2. The first-order valence-electron chi connectivity index (χ1n) is 6.27. The molecule has 0 bridgehead atoms. The van der Waals surface area contributed by atoms with Gasteiger partial charge in [-0.3, -0.25) is 9.59 Å². The van der Waals surface area contributed by atoms with Crippen LogP contribution in [0.1, 0.15) is 26.7 Å². The molecular formula is C14H19NO3. The molecule has 1 spiro atoms. The van der Waals surface area contributed by atoms with Gasteiger partial charge in [0.1, 0.15) is 0 Å². The molecule has 98 valence electrons. The number of carbonyl (C=O) groups excluding carboxylic acids is 2. The minimum Gasteiger partial charge on any atom is -0.493 e. The van der Waals surface area contributed by atoms with E-state index in [1.165, 1.54) is 13.2 Å². The zero-order valence-corrected chi connectivity index (χ0v) is 11.1. The van der Waals surface area contributed by atoms with Crippen molar-refractivity contribution < 1.29 is 14.3 Å². The highest BCUT2D eigenvalue weighted by atomic mass is 16.5. The van der Waals surface area contributed by atoms with Gasteiger partial charge in [-0.15, -0.1) is 0 Å². The van der Waals surface area contributed by atoms with Gasteiger partial charge in [0.15, 0.2) is 5.76 Å². The Morgan fingerprint density at radius 1 is 1.39 bits per heavy atom. The molecule has 1 fully saturated rings. The molecule has 2 aliphatic rings. The van der Waals surface area contributed by atoms with E-state index in [0.717, 1.165) is 13.0 Å². The van der Waals surface area contributed by atoms with E-state index in [1.807, 2.05) is 30.9 Å². The first-order chi connectivity index (χ1) is 8.47. The summed E-state index contributed by atoms with van der Waals surface area (Å²) in [5.74, 6) is 0.368. The van der Waals surface area contributed by atoms with Crippen LogP contribution in [0.25, 0.3) is 0 Å². The number of amides is 1. The highest BCUT2D eigenvalue weighted by molar-refractivity contribution is 6.03. The van der Waals surface area contributed by atoms with Crippen molar-refractivity contribution in [1.82, 2.24) is 4.90 Å². The van der Waals surface area contributed by atoms with Crippen molar-refractivity contribution >= 4 is 11.7 Å². The molecule has 0 saturated carbocycles. The van der Waals surface area contributed by atoms with Crippen LogP contribution < -0.4 is 0 Å². The quantitative estimate of drug-likeness (QED) is 0.748. The maximum absolute atomic E-state index is 12.1. The van der Waals surface area contributed by atoms with Gasteiger partial charge in [-0.2, -0.15) is 0 Å². The Balaban J connectivity index is 2.21. The minimum absolute atomic E-state index is 0.123. The molecule has 0 aromatic rings. The maximum atomic E-state index is 12.1. The van der Waals surface area contributed by atoms with Gasteiger partial charge in [0.2, 0.25) is 11.7 Å².